The molecule has 1 aromatic heterocycles. The Labute approximate surface area is 194 Å². The van der Waals surface area contributed by atoms with Gasteiger partial charge in [0.15, 0.2) is 0 Å². The molecule has 4 aromatic rings. The maximum Gasteiger partial charge on any atom is 0.269 e. The summed E-state index contributed by atoms with van der Waals surface area (Å²) in [6, 6.07) is 20.7. The zero-order valence-corrected chi connectivity index (χ0v) is 17.9. The van der Waals surface area contributed by atoms with Crippen LogP contribution in [-0.4, -0.2) is 19.7 Å². The highest BCUT2D eigenvalue weighted by molar-refractivity contribution is 6.30. The molecule has 0 radical (unpaired) electrons. The van der Waals surface area contributed by atoms with Gasteiger partial charge in [0.1, 0.15) is 24.2 Å². The minimum absolute atomic E-state index is 0.00533. The van der Waals surface area contributed by atoms with Gasteiger partial charge in [-0.3, -0.25) is 20.4 Å². The van der Waals surface area contributed by atoms with Crippen molar-refractivity contribution < 1.29 is 14.5 Å². The van der Waals surface area contributed by atoms with E-state index in [1.165, 1.54) is 23.1 Å². The van der Waals surface area contributed by atoms with Crippen molar-refractivity contribution in [3.05, 3.63) is 112 Å². The second kappa shape index (κ2) is 10.4. The number of nitrogens with one attached hydrogen (secondary N) is 1. The largest absolute Gasteiger partial charge is 0.457 e. The summed E-state index contributed by atoms with van der Waals surface area (Å²) in [5.74, 6) is 1.32. The number of nitro groups is 1. The summed E-state index contributed by atoms with van der Waals surface area (Å²) in [5.41, 5.74) is 4.96. The lowest BCUT2D eigenvalue weighted by atomic mass is 10.1. The molecule has 0 aliphatic heterocycles. The maximum absolute atomic E-state index is 11.0. The van der Waals surface area contributed by atoms with Crippen molar-refractivity contribution in [3.8, 4) is 11.5 Å². The summed E-state index contributed by atoms with van der Waals surface area (Å²) in [7, 11) is 0. The van der Waals surface area contributed by atoms with Crippen LogP contribution in [0, 0.1) is 10.1 Å². The first kappa shape index (κ1) is 22.0. The smallest absolute Gasteiger partial charge is 0.269 e. The zero-order chi connectivity index (χ0) is 23.0. The van der Waals surface area contributed by atoms with E-state index in [0.717, 1.165) is 5.56 Å². The lowest BCUT2D eigenvalue weighted by molar-refractivity contribution is -0.385. The van der Waals surface area contributed by atoms with Crippen LogP contribution >= 0.6 is 11.6 Å². The number of halogens is 1. The number of hydrogen-bond donors (Lipinski definition) is 1. The van der Waals surface area contributed by atoms with E-state index in [2.05, 4.69) is 15.6 Å². The summed E-state index contributed by atoms with van der Waals surface area (Å²) in [6.07, 6.45) is 4.66. The van der Waals surface area contributed by atoms with Gasteiger partial charge in [-0.25, -0.2) is 9.67 Å². The van der Waals surface area contributed by atoms with Crippen LogP contribution in [0.1, 0.15) is 11.1 Å². The molecule has 0 aliphatic carbocycles. The summed E-state index contributed by atoms with van der Waals surface area (Å²) in [6.45, 7) is 0.119. The van der Waals surface area contributed by atoms with Crippen LogP contribution in [0.3, 0.4) is 0 Å². The molecule has 0 fully saturated rings. The van der Waals surface area contributed by atoms with Crippen LogP contribution in [0.25, 0.3) is 11.9 Å². The van der Waals surface area contributed by atoms with Crippen molar-refractivity contribution in [1.82, 2.24) is 20.2 Å². The Hall–Kier alpha value is -4.21. The minimum Gasteiger partial charge on any atom is -0.457 e. The van der Waals surface area contributed by atoms with Crippen molar-refractivity contribution >= 4 is 29.2 Å². The fourth-order valence-corrected chi connectivity index (χ4v) is 3.00. The number of aromatic nitrogens is 3. The molecule has 4 rings (SSSR count). The Morgan fingerprint density at radius 1 is 1.09 bits per heavy atom. The number of non-ortho nitro benzene ring substituents is 1. The lowest BCUT2D eigenvalue weighted by Crippen LogP contribution is -2.14. The molecule has 0 spiro atoms. The van der Waals surface area contributed by atoms with Gasteiger partial charge in [0.05, 0.1) is 23.4 Å². The highest BCUT2D eigenvalue weighted by atomic mass is 35.5. The molecule has 1 N–H and O–H groups in total. The van der Waals surface area contributed by atoms with Crippen LogP contribution in [0.4, 0.5) is 5.69 Å². The third kappa shape index (κ3) is 6.16. The van der Waals surface area contributed by atoms with E-state index in [-0.39, 0.29) is 12.3 Å². The monoisotopic (exact) mass is 463 g/mol. The molecule has 0 saturated carbocycles. The first-order valence-electron chi connectivity index (χ1n) is 9.78. The van der Waals surface area contributed by atoms with E-state index < -0.39 is 4.92 Å². The van der Waals surface area contributed by atoms with E-state index in [1.54, 1.807) is 48.9 Å². The van der Waals surface area contributed by atoms with Crippen molar-refractivity contribution in [1.29, 1.82) is 0 Å². The van der Waals surface area contributed by atoms with Gasteiger partial charge in [-0.1, -0.05) is 23.7 Å². The van der Waals surface area contributed by atoms with Crippen LogP contribution in [-0.2, 0) is 11.4 Å². The van der Waals surface area contributed by atoms with Gasteiger partial charge in [0, 0.05) is 22.7 Å². The van der Waals surface area contributed by atoms with Gasteiger partial charge in [-0.05, 0) is 54.1 Å². The quantitative estimate of drug-likeness (QED) is 0.265. The predicted molar refractivity (Wildman–Crippen MR) is 123 cm³/mol. The molecule has 0 amide bonds. The van der Waals surface area contributed by atoms with E-state index in [1.807, 2.05) is 24.3 Å². The molecule has 10 heteroatoms. The molecule has 1 heterocycles. The highest BCUT2D eigenvalue weighted by Crippen LogP contribution is 2.25. The van der Waals surface area contributed by atoms with Gasteiger partial charge in [0.2, 0.25) is 0 Å². The van der Waals surface area contributed by atoms with Crippen molar-refractivity contribution in [2.75, 3.05) is 0 Å². The highest BCUT2D eigenvalue weighted by Gasteiger charge is 2.08. The number of hydrogen-bond acceptors (Lipinski definition) is 7. The molecule has 33 heavy (non-hydrogen) atoms. The van der Waals surface area contributed by atoms with E-state index in [0.29, 0.717) is 27.8 Å². The van der Waals surface area contributed by atoms with Crippen LogP contribution in [0.15, 0.2) is 85.5 Å². The lowest BCUT2D eigenvalue weighted by Gasteiger charge is -2.13. The molecule has 0 atom stereocenters. The van der Waals surface area contributed by atoms with Crippen molar-refractivity contribution in [2.45, 2.75) is 6.61 Å². The second-order valence-electron chi connectivity index (χ2n) is 6.82. The van der Waals surface area contributed by atoms with Gasteiger partial charge in [-0.2, -0.15) is 5.10 Å². The SMILES string of the molecule is O=[N+]([O-])c1cccc(CONC(=Cn2cncn2)c2ccc(Oc3ccc(Cl)cc3)cc2)c1. The standard InChI is InChI=1S/C23H18ClN5O4/c24-19-6-10-22(11-7-19)33-21-8-4-18(5-9-21)23(13-28-16-25-15-26-28)27-32-14-17-2-1-3-20(12-17)29(30)31/h1-13,15-16,27H,14H2. The number of rotatable bonds is 9. The van der Waals surface area contributed by atoms with Gasteiger partial charge in [0.25, 0.3) is 5.69 Å². The molecule has 3 aromatic carbocycles. The minimum atomic E-state index is -0.444. The number of benzene rings is 3. The molecule has 0 bridgehead atoms. The van der Waals surface area contributed by atoms with E-state index in [4.69, 9.17) is 21.2 Å². The third-order valence-electron chi connectivity index (χ3n) is 4.45. The molecule has 0 aliphatic rings. The maximum atomic E-state index is 11.0. The van der Waals surface area contributed by atoms with Gasteiger partial charge >= 0.3 is 0 Å². The van der Waals surface area contributed by atoms with Crippen LogP contribution in [0.2, 0.25) is 5.02 Å². The fourth-order valence-electron chi connectivity index (χ4n) is 2.87. The average Bonchev–Trinajstić information content (AvgIpc) is 3.34. The number of hydroxylamine groups is 1. The number of ether oxygens (including phenoxy) is 1. The van der Waals surface area contributed by atoms with Gasteiger partial charge in [-0.15, -0.1) is 0 Å². The summed E-state index contributed by atoms with van der Waals surface area (Å²) < 4.78 is 7.36. The number of nitrogens with zero attached hydrogens (tertiary/aromatic N) is 4. The Bertz CT molecular complexity index is 1240. The van der Waals surface area contributed by atoms with E-state index in [9.17, 15) is 10.1 Å². The Kier molecular flexibility index (Phi) is 6.93. The third-order valence-corrected chi connectivity index (χ3v) is 4.71. The second-order valence-corrected chi connectivity index (χ2v) is 7.25. The summed E-state index contributed by atoms with van der Waals surface area (Å²) in [4.78, 5) is 20.1. The molecular formula is C23H18ClN5O4. The van der Waals surface area contributed by atoms with E-state index >= 15 is 0 Å². The van der Waals surface area contributed by atoms with Crippen LogP contribution < -0.4 is 10.2 Å². The molecule has 0 unspecified atom stereocenters. The van der Waals surface area contributed by atoms with Gasteiger partial charge < -0.3 is 4.74 Å². The van der Waals surface area contributed by atoms with Crippen molar-refractivity contribution in [2.24, 2.45) is 0 Å². The average molecular weight is 464 g/mol. The number of nitro benzene ring substituents is 1. The summed E-state index contributed by atoms with van der Waals surface area (Å²) >= 11 is 5.91. The molecule has 166 valence electrons. The molecule has 0 saturated heterocycles. The zero-order valence-electron chi connectivity index (χ0n) is 17.2. The molecular weight excluding hydrogens is 446 g/mol. The van der Waals surface area contributed by atoms with Crippen LogP contribution in [0.5, 0.6) is 11.5 Å². The normalized spacial score (nSPS) is 11.2. The fraction of sp³-hybridized carbons (Fsp3) is 0.0435. The predicted octanol–water partition coefficient (Wildman–Crippen LogP) is 5.31. The Morgan fingerprint density at radius 2 is 1.82 bits per heavy atom. The first-order chi connectivity index (χ1) is 16.1. The Balaban J connectivity index is 1.47. The van der Waals surface area contributed by atoms with Crippen molar-refractivity contribution in [3.63, 3.8) is 0 Å². The first-order valence-corrected chi connectivity index (χ1v) is 10.2. The summed E-state index contributed by atoms with van der Waals surface area (Å²) in [5, 5.41) is 15.7. The Morgan fingerprint density at radius 3 is 2.48 bits per heavy atom. The molecule has 9 nitrogen and oxygen atoms in total. The topological polar surface area (TPSA) is 104 Å².